The molecule has 0 radical (unpaired) electrons. The topological polar surface area (TPSA) is 186 Å². The van der Waals surface area contributed by atoms with Crippen molar-refractivity contribution in [3.05, 3.63) is 30.1 Å². The van der Waals surface area contributed by atoms with E-state index in [2.05, 4.69) is 10.3 Å². The minimum absolute atomic E-state index is 0.115. The van der Waals surface area contributed by atoms with Crippen LogP contribution in [0.15, 0.2) is 24.5 Å². The van der Waals surface area contributed by atoms with E-state index in [1.807, 2.05) is 25.9 Å². The van der Waals surface area contributed by atoms with Crippen LogP contribution in [0.3, 0.4) is 0 Å². The molecule has 14 heteroatoms. The molecule has 1 aromatic rings. The largest absolute Gasteiger partial charge is 0.461 e. The van der Waals surface area contributed by atoms with Crippen molar-refractivity contribution in [1.82, 2.24) is 15.2 Å². The zero-order valence-corrected chi connectivity index (χ0v) is 32.1. The zero-order chi connectivity index (χ0) is 38.4. The first kappa shape index (κ1) is 42.7. The van der Waals surface area contributed by atoms with Crippen LogP contribution in [-0.2, 0) is 44.5 Å². The van der Waals surface area contributed by atoms with Crippen LogP contribution in [-0.4, -0.2) is 130 Å². The molecule has 1 amide bonds. The van der Waals surface area contributed by atoms with E-state index in [0.29, 0.717) is 12.0 Å². The lowest BCUT2D eigenvalue weighted by molar-refractivity contribution is -0.301. The average molecular weight is 724 g/mol. The molecule has 0 unspecified atom stereocenters. The second-order valence-corrected chi connectivity index (χ2v) is 15.2. The summed E-state index contributed by atoms with van der Waals surface area (Å²) < 4.78 is 31.1. The van der Waals surface area contributed by atoms with Crippen molar-refractivity contribution in [2.24, 2.45) is 17.8 Å². The average Bonchev–Trinajstić information content (AvgIpc) is 3.07. The van der Waals surface area contributed by atoms with Gasteiger partial charge in [0.1, 0.15) is 23.9 Å². The maximum absolute atomic E-state index is 14.0. The normalized spacial score (nSPS) is 40.5. The molecule has 0 aliphatic carbocycles. The summed E-state index contributed by atoms with van der Waals surface area (Å²) in [5.41, 5.74) is -2.64. The minimum Gasteiger partial charge on any atom is -0.461 e. The van der Waals surface area contributed by atoms with Gasteiger partial charge in [0.15, 0.2) is 6.29 Å². The summed E-state index contributed by atoms with van der Waals surface area (Å²) in [6.45, 7) is 13.3. The van der Waals surface area contributed by atoms with Gasteiger partial charge >= 0.3 is 11.9 Å². The number of likely N-dealkylation sites (N-methyl/N-ethyl adjacent to an activating group) is 1. The van der Waals surface area contributed by atoms with E-state index in [1.165, 1.54) is 21.0 Å². The van der Waals surface area contributed by atoms with Crippen LogP contribution >= 0.6 is 0 Å². The number of cyclic esters (lactones) is 1. The van der Waals surface area contributed by atoms with Crippen molar-refractivity contribution in [3.8, 4) is 0 Å². The highest BCUT2D eigenvalue weighted by molar-refractivity contribution is 5.79. The molecule has 3 rings (SSSR count). The van der Waals surface area contributed by atoms with Gasteiger partial charge in [0, 0.05) is 37.5 Å². The van der Waals surface area contributed by atoms with E-state index >= 15 is 0 Å². The number of aliphatic hydroxyl groups is 3. The standard InChI is InChI=1S/C37H61N3O11/c1-12-27-37(8,46)31(43)24(6)33(44)39-20(2)18-36(7,47-11)32(51-35-29(42)26(40(9)10)16-21(3)48-35)22(4)30(23(5)34(45)49-27)50-28(41)17-25-14-13-15-38-19-25/h13-15,19-24,26-27,29-32,35,42-43,46H,12,16-18H2,1-11H3,(H,39,44)/t20-,21-,22+,23-,24-,26+,27-,29-,30+,31-,32-,35+,36-,37-/m1/s1. The number of methoxy groups -OCH3 is 1. The number of carbonyl (C=O) groups excluding carboxylic acids is 3. The smallest absolute Gasteiger partial charge is 0.312 e. The lowest BCUT2D eigenvalue weighted by Crippen LogP contribution is -2.60. The first-order valence-corrected chi connectivity index (χ1v) is 18.0. The van der Waals surface area contributed by atoms with Gasteiger partial charge in [0.25, 0.3) is 0 Å². The van der Waals surface area contributed by atoms with Crippen molar-refractivity contribution >= 4 is 17.8 Å². The van der Waals surface area contributed by atoms with Crippen LogP contribution in [0.25, 0.3) is 0 Å². The summed E-state index contributed by atoms with van der Waals surface area (Å²) in [6, 6.07) is 2.59. The fourth-order valence-corrected chi connectivity index (χ4v) is 7.51. The number of aromatic nitrogens is 1. The molecule has 2 saturated heterocycles. The van der Waals surface area contributed by atoms with Gasteiger partial charge in [0.05, 0.1) is 42.2 Å². The molecule has 290 valence electrons. The summed E-state index contributed by atoms with van der Waals surface area (Å²) in [7, 11) is 5.22. The number of aliphatic hydroxyl groups excluding tert-OH is 2. The van der Waals surface area contributed by atoms with Gasteiger partial charge in [-0.2, -0.15) is 0 Å². The highest BCUT2D eigenvalue weighted by atomic mass is 16.7. The predicted molar refractivity (Wildman–Crippen MR) is 187 cm³/mol. The number of ether oxygens (including phenoxy) is 5. The molecule has 0 aromatic carbocycles. The highest BCUT2D eigenvalue weighted by Crippen LogP contribution is 2.38. The van der Waals surface area contributed by atoms with E-state index in [0.717, 1.165) is 0 Å². The molecular weight excluding hydrogens is 662 g/mol. The second kappa shape index (κ2) is 17.9. The van der Waals surface area contributed by atoms with Crippen LogP contribution in [0, 0.1) is 17.8 Å². The van der Waals surface area contributed by atoms with Gasteiger partial charge in [-0.1, -0.05) is 26.8 Å². The Morgan fingerprint density at radius 2 is 1.78 bits per heavy atom. The number of hydrogen-bond donors (Lipinski definition) is 4. The Balaban J connectivity index is 2.18. The predicted octanol–water partition coefficient (Wildman–Crippen LogP) is 2.00. The number of nitrogens with zero attached hydrogens (tertiary/aromatic N) is 2. The lowest BCUT2D eigenvalue weighted by Gasteiger charge is -2.48. The van der Waals surface area contributed by atoms with E-state index in [4.69, 9.17) is 23.7 Å². The molecule has 2 aliphatic heterocycles. The zero-order valence-electron chi connectivity index (χ0n) is 32.1. The Morgan fingerprint density at radius 1 is 1.12 bits per heavy atom. The quantitative estimate of drug-likeness (QED) is 0.286. The fourth-order valence-electron chi connectivity index (χ4n) is 7.51. The Bertz CT molecular complexity index is 1300. The number of pyridine rings is 1. The minimum atomic E-state index is -2.01. The van der Waals surface area contributed by atoms with E-state index < -0.39 is 89.7 Å². The number of nitrogens with one attached hydrogen (secondary N) is 1. The lowest BCUT2D eigenvalue weighted by atomic mass is 9.78. The van der Waals surface area contributed by atoms with Gasteiger partial charge < -0.3 is 49.2 Å². The third-order valence-electron chi connectivity index (χ3n) is 10.7. The monoisotopic (exact) mass is 723 g/mol. The Labute approximate surface area is 302 Å². The molecule has 0 bridgehead atoms. The maximum atomic E-state index is 14.0. The molecule has 2 fully saturated rings. The first-order chi connectivity index (χ1) is 23.8. The summed E-state index contributed by atoms with van der Waals surface area (Å²) in [4.78, 5) is 47.0. The molecule has 1 aromatic heterocycles. The van der Waals surface area contributed by atoms with Crippen LogP contribution in [0.2, 0.25) is 0 Å². The van der Waals surface area contributed by atoms with E-state index in [9.17, 15) is 29.7 Å². The van der Waals surface area contributed by atoms with E-state index in [-0.39, 0.29) is 31.4 Å². The van der Waals surface area contributed by atoms with Gasteiger partial charge in [0.2, 0.25) is 5.91 Å². The third-order valence-corrected chi connectivity index (χ3v) is 10.7. The first-order valence-electron chi connectivity index (χ1n) is 18.0. The second-order valence-electron chi connectivity index (χ2n) is 15.2. The molecule has 0 saturated carbocycles. The Hall–Kier alpha value is -2.72. The van der Waals surface area contributed by atoms with Gasteiger partial charge in [-0.05, 0) is 79.6 Å². The number of hydrogen-bond acceptors (Lipinski definition) is 13. The summed E-state index contributed by atoms with van der Waals surface area (Å²) in [5.74, 6) is -4.96. The highest BCUT2D eigenvalue weighted by Gasteiger charge is 2.52. The molecule has 14 atom stereocenters. The molecular formula is C37H61N3O11. The van der Waals surface area contributed by atoms with Crippen molar-refractivity contribution in [2.75, 3.05) is 21.2 Å². The molecule has 0 spiro atoms. The van der Waals surface area contributed by atoms with E-state index in [1.54, 1.807) is 59.1 Å². The molecule has 2 aliphatic rings. The number of amides is 1. The maximum Gasteiger partial charge on any atom is 0.312 e. The van der Waals surface area contributed by atoms with Crippen LogP contribution in [0.5, 0.6) is 0 Å². The van der Waals surface area contributed by atoms with Crippen molar-refractivity contribution in [3.63, 3.8) is 0 Å². The number of carbonyl (C=O) groups is 3. The molecule has 14 nitrogen and oxygen atoms in total. The third kappa shape index (κ3) is 10.2. The molecule has 3 heterocycles. The van der Waals surface area contributed by atoms with Crippen molar-refractivity contribution < 1.29 is 53.4 Å². The molecule has 4 N–H and O–H groups in total. The summed E-state index contributed by atoms with van der Waals surface area (Å²) in [6.07, 6.45) is -3.62. The van der Waals surface area contributed by atoms with Gasteiger partial charge in [-0.25, -0.2) is 0 Å². The van der Waals surface area contributed by atoms with Crippen molar-refractivity contribution in [1.29, 1.82) is 0 Å². The Kier molecular flexibility index (Phi) is 15.0. The SMILES string of the molecule is CC[C@H]1OC(=O)[C@H](C)[C@@H](OC(=O)Cc2cccnc2)[C@H](C)[C@@H](O[C@@H]2O[C@H](C)C[C@H](N(C)C)[C@H]2O)[C@](C)(OC)C[C@@H](C)NC(=O)[C@H](C)[C@@H](O)[C@]1(C)O. The van der Waals surface area contributed by atoms with Crippen molar-refractivity contribution in [2.45, 2.75) is 147 Å². The van der Waals surface area contributed by atoms with Gasteiger partial charge in [-0.15, -0.1) is 0 Å². The summed E-state index contributed by atoms with van der Waals surface area (Å²) >= 11 is 0. The Morgan fingerprint density at radius 3 is 2.35 bits per heavy atom. The van der Waals surface area contributed by atoms with Crippen LogP contribution < -0.4 is 5.32 Å². The van der Waals surface area contributed by atoms with Gasteiger partial charge in [-0.3, -0.25) is 19.4 Å². The van der Waals surface area contributed by atoms with Crippen LogP contribution in [0.4, 0.5) is 0 Å². The summed E-state index contributed by atoms with van der Waals surface area (Å²) in [5, 5.41) is 37.2. The number of esters is 2. The van der Waals surface area contributed by atoms with Crippen LogP contribution in [0.1, 0.15) is 80.2 Å². The number of rotatable bonds is 8. The molecule has 51 heavy (non-hydrogen) atoms. The fraction of sp³-hybridized carbons (Fsp3) is 0.784.